The maximum Gasteiger partial charge on any atom is 0.256 e. The first-order valence-electron chi connectivity index (χ1n) is 9.05. The predicted molar refractivity (Wildman–Crippen MR) is 121 cm³/mol. The molecule has 0 radical (unpaired) electrons. The van der Waals surface area contributed by atoms with Gasteiger partial charge in [0.2, 0.25) is 5.91 Å². The Morgan fingerprint density at radius 1 is 1.03 bits per heavy atom. The van der Waals surface area contributed by atoms with E-state index in [2.05, 4.69) is 10.6 Å². The Balaban J connectivity index is 1.67. The van der Waals surface area contributed by atoms with Crippen LogP contribution in [0, 0.1) is 18.3 Å². The van der Waals surface area contributed by atoms with Crippen LogP contribution < -0.4 is 10.6 Å². The molecule has 150 valence electrons. The highest BCUT2D eigenvalue weighted by Gasteiger charge is 2.14. The van der Waals surface area contributed by atoms with Gasteiger partial charge in [-0.15, -0.1) is 11.8 Å². The molecule has 0 aliphatic rings. The maximum atomic E-state index is 12.8. The van der Waals surface area contributed by atoms with Gasteiger partial charge in [-0.2, -0.15) is 5.26 Å². The quantitative estimate of drug-likeness (QED) is 0.500. The second-order valence-electron chi connectivity index (χ2n) is 6.44. The normalized spacial score (nSPS) is 10.2. The van der Waals surface area contributed by atoms with Gasteiger partial charge in [0.1, 0.15) is 0 Å². The molecule has 0 atom stereocenters. The number of nitrogens with one attached hydrogen (secondary N) is 2. The smallest absolute Gasteiger partial charge is 0.256 e. The van der Waals surface area contributed by atoms with Gasteiger partial charge in [0.25, 0.3) is 5.91 Å². The Morgan fingerprint density at radius 3 is 2.63 bits per heavy atom. The molecule has 0 aromatic heterocycles. The van der Waals surface area contributed by atoms with E-state index in [1.807, 2.05) is 25.1 Å². The van der Waals surface area contributed by atoms with Gasteiger partial charge < -0.3 is 10.6 Å². The summed E-state index contributed by atoms with van der Waals surface area (Å²) in [5, 5.41) is 15.1. The fourth-order valence-electron chi connectivity index (χ4n) is 2.71. The number of halogens is 1. The Bertz CT molecular complexity index is 1140. The van der Waals surface area contributed by atoms with E-state index in [0.29, 0.717) is 32.4 Å². The summed E-state index contributed by atoms with van der Waals surface area (Å²) in [6, 6.07) is 21.2. The molecule has 0 unspecified atom stereocenters. The minimum atomic E-state index is -0.273. The van der Waals surface area contributed by atoms with E-state index < -0.39 is 0 Å². The summed E-state index contributed by atoms with van der Waals surface area (Å²) in [6.07, 6.45) is 0. The van der Waals surface area contributed by atoms with Crippen LogP contribution in [0.25, 0.3) is 0 Å². The Kier molecular flexibility index (Phi) is 7.12. The molecule has 2 amide bonds. The second kappa shape index (κ2) is 9.97. The highest BCUT2D eigenvalue weighted by molar-refractivity contribution is 8.00. The van der Waals surface area contributed by atoms with Crippen LogP contribution in [0.15, 0.2) is 71.6 Å². The third kappa shape index (κ3) is 5.63. The molecule has 3 aromatic rings. The SMILES string of the molecule is Cc1ccc(Cl)cc1NC(=O)c1ccccc1SCC(=O)Nc1cccc(C#N)c1. The van der Waals surface area contributed by atoms with Gasteiger partial charge in [-0.05, 0) is 55.0 Å². The number of hydrogen-bond donors (Lipinski definition) is 2. The summed E-state index contributed by atoms with van der Waals surface area (Å²) < 4.78 is 0. The van der Waals surface area contributed by atoms with E-state index >= 15 is 0 Å². The average molecular weight is 436 g/mol. The van der Waals surface area contributed by atoms with E-state index in [1.54, 1.807) is 54.6 Å². The van der Waals surface area contributed by atoms with Crippen molar-refractivity contribution >= 4 is 46.6 Å². The lowest BCUT2D eigenvalue weighted by atomic mass is 10.1. The summed E-state index contributed by atoms with van der Waals surface area (Å²) in [5.74, 6) is -0.376. The van der Waals surface area contributed by atoms with Crippen LogP contribution in [0.2, 0.25) is 5.02 Å². The summed E-state index contributed by atoms with van der Waals surface area (Å²) in [7, 11) is 0. The summed E-state index contributed by atoms with van der Waals surface area (Å²) in [5.41, 5.74) is 3.04. The first kappa shape index (κ1) is 21.4. The third-order valence-corrected chi connectivity index (χ3v) is 5.52. The number of aryl methyl sites for hydroxylation is 1. The second-order valence-corrected chi connectivity index (χ2v) is 7.89. The number of anilines is 2. The molecule has 30 heavy (non-hydrogen) atoms. The molecule has 0 aliphatic heterocycles. The third-order valence-electron chi connectivity index (χ3n) is 4.21. The van der Waals surface area contributed by atoms with Crippen molar-refractivity contribution in [1.29, 1.82) is 5.26 Å². The zero-order valence-corrected chi connectivity index (χ0v) is 17.7. The molecule has 0 bridgehead atoms. The predicted octanol–water partition coefficient (Wildman–Crippen LogP) is 5.50. The lowest BCUT2D eigenvalue weighted by Gasteiger charge is -2.12. The number of carbonyl (C=O) groups excluding carboxylic acids is 2. The zero-order chi connectivity index (χ0) is 21.5. The molecule has 2 N–H and O–H groups in total. The van der Waals surface area contributed by atoms with Gasteiger partial charge >= 0.3 is 0 Å². The van der Waals surface area contributed by atoms with Crippen LogP contribution in [0.4, 0.5) is 11.4 Å². The van der Waals surface area contributed by atoms with E-state index in [4.69, 9.17) is 16.9 Å². The fourth-order valence-corrected chi connectivity index (χ4v) is 3.73. The molecule has 0 fully saturated rings. The Morgan fingerprint density at radius 2 is 1.83 bits per heavy atom. The van der Waals surface area contributed by atoms with E-state index in [1.165, 1.54) is 11.8 Å². The van der Waals surface area contributed by atoms with Crippen molar-refractivity contribution in [1.82, 2.24) is 0 Å². The highest BCUT2D eigenvalue weighted by atomic mass is 35.5. The standard InChI is InChI=1S/C23H18ClN3O2S/c1-15-9-10-17(24)12-20(15)27-23(29)19-7-2-3-8-21(19)30-14-22(28)26-18-6-4-5-16(11-18)13-25/h2-12H,14H2,1H3,(H,26,28)(H,27,29). The van der Waals surface area contributed by atoms with Gasteiger partial charge in [-0.3, -0.25) is 9.59 Å². The molecule has 5 nitrogen and oxygen atoms in total. The fraction of sp³-hybridized carbons (Fsp3) is 0.0870. The maximum absolute atomic E-state index is 12.8. The molecule has 0 aliphatic carbocycles. The van der Waals surface area contributed by atoms with Crippen molar-refractivity contribution < 1.29 is 9.59 Å². The summed E-state index contributed by atoms with van der Waals surface area (Å²) in [4.78, 5) is 25.8. The molecule has 0 heterocycles. The van der Waals surface area contributed by atoms with Crippen molar-refractivity contribution in [2.75, 3.05) is 16.4 Å². The minimum Gasteiger partial charge on any atom is -0.325 e. The molecular formula is C23H18ClN3O2S. The van der Waals surface area contributed by atoms with Crippen molar-refractivity contribution in [3.05, 3.63) is 88.4 Å². The highest BCUT2D eigenvalue weighted by Crippen LogP contribution is 2.26. The van der Waals surface area contributed by atoms with Crippen LogP contribution in [-0.2, 0) is 4.79 Å². The first-order chi connectivity index (χ1) is 14.5. The number of nitriles is 1. The number of nitrogens with zero attached hydrogens (tertiary/aromatic N) is 1. The Hall–Kier alpha value is -3.27. The number of benzene rings is 3. The molecule has 0 saturated carbocycles. The largest absolute Gasteiger partial charge is 0.325 e. The first-order valence-corrected chi connectivity index (χ1v) is 10.4. The van der Waals surface area contributed by atoms with Crippen molar-refractivity contribution in [2.24, 2.45) is 0 Å². The van der Waals surface area contributed by atoms with Gasteiger partial charge in [0.05, 0.1) is 22.9 Å². The lowest BCUT2D eigenvalue weighted by molar-refractivity contribution is -0.113. The Labute approximate surface area is 184 Å². The number of hydrogen-bond acceptors (Lipinski definition) is 4. The van der Waals surface area contributed by atoms with Crippen LogP contribution in [-0.4, -0.2) is 17.6 Å². The monoisotopic (exact) mass is 435 g/mol. The van der Waals surface area contributed by atoms with Gasteiger partial charge in [-0.25, -0.2) is 0 Å². The van der Waals surface area contributed by atoms with Crippen LogP contribution >= 0.6 is 23.4 Å². The zero-order valence-electron chi connectivity index (χ0n) is 16.1. The molecule has 3 aromatic carbocycles. The number of amides is 2. The summed E-state index contributed by atoms with van der Waals surface area (Å²) >= 11 is 7.30. The molecular weight excluding hydrogens is 418 g/mol. The molecule has 7 heteroatoms. The minimum absolute atomic E-state index is 0.122. The number of thioether (sulfide) groups is 1. The van der Waals surface area contributed by atoms with Crippen LogP contribution in [0.1, 0.15) is 21.5 Å². The van der Waals surface area contributed by atoms with E-state index in [9.17, 15) is 9.59 Å². The van der Waals surface area contributed by atoms with Crippen LogP contribution in [0.3, 0.4) is 0 Å². The van der Waals surface area contributed by atoms with Gasteiger partial charge in [0, 0.05) is 21.3 Å². The number of rotatable bonds is 6. The summed E-state index contributed by atoms with van der Waals surface area (Å²) in [6.45, 7) is 1.89. The van der Waals surface area contributed by atoms with Crippen molar-refractivity contribution in [3.8, 4) is 6.07 Å². The number of carbonyl (C=O) groups is 2. The molecule has 3 rings (SSSR count). The van der Waals surface area contributed by atoms with E-state index in [0.717, 1.165) is 5.56 Å². The van der Waals surface area contributed by atoms with Crippen molar-refractivity contribution in [2.45, 2.75) is 11.8 Å². The lowest BCUT2D eigenvalue weighted by Crippen LogP contribution is -2.16. The van der Waals surface area contributed by atoms with Gasteiger partial charge in [-0.1, -0.05) is 35.9 Å². The average Bonchev–Trinajstić information content (AvgIpc) is 2.75. The molecule has 0 spiro atoms. The van der Waals surface area contributed by atoms with Crippen molar-refractivity contribution in [3.63, 3.8) is 0 Å². The van der Waals surface area contributed by atoms with E-state index in [-0.39, 0.29) is 17.6 Å². The topological polar surface area (TPSA) is 82.0 Å². The molecule has 0 saturated heterocycles. The van der Waals surface area contributed by atoms with Crippen LogP contribution in [0.5, 0.6) is 0 Å². The van der Waals surface area contributed by atoms with Gasteiger partial charge in [0.15, 0.2) is 0 Å².